The molecule has 0 spiro atoms. The van der Waals surface area contributed by atoms with Gasteiger partial charge in [-0.2, -0.15) is 0 Å². The topological polar surface area (TPSA) is 38.7 Å². The summed E-state index contributed by atoms with van der Waals surface area (Å²) in [6.45, 7) is 6.68. The van der Waals surface area contributed by atoms with E-state index in [4.69, 9.17) is 9.47 Å². The van der Waals surface area contributed by atoms with Crippen LogP contribution >= 0.6 is 0 Å². The van der Waals surface area contributed by atoms with E-state index in [1.165, 1.54) is 116 Å². The summed E-state index contributed by atoms with van der Waals surface area (Å²) < 4.78 is 11.5. The monoisotopic (exact) mass is 428 g/mol. The molecule has 0 radical (unpaired) electrons. The largest absolute Gasteiger partial charge is 0.394 e. The van der Waals surface area contributed by atoms with Crippen LogP contribution in [0.5, 0.6) is 0 Å². The highest BCUT2D eigenvalue weighted by molar-refractivity contribution is 4.55. The Morgan fingerprint density at radius 3 is 1.27 bits per heavy atom. The van der Waals surface area contributed by atoms with Crippen molar-refractivity contribution in [3.8, 4) is 0 Å². The maximum Gasteiger partial charge on any atom is 0.104 e. The van der Waals surface area contributed by atoms with Gasteiger partial charge in [-0.3, -0.25) is 0 Å². The highest BCUT2D eigenvalue weighted by Gasteiger charge is 2.07. The minimum absolute atomic E-state index is 0.0641. The molecular weight excluding hydrogens is 372 g/mol. The van der Waals surface area contributed by atoms with Gasteiger partial charge in [-0.25, -0.2) is 0 Å². The van der Waals surface area contributed by atoms with Gasteiger partial charge in [0.05, 0.1) is 13.2 Å². The maximum absolute atomic E-state index is 9.42. The summed E-state index contributed by atoms with van der Waals surface area (Å²) in [5.74, 6) is 0. The molecule has 0 rings (SSSR count). The number of rotatable bonds is 26. The standard InChI is InChI=1S/C27H56O3/c1-3-5-7-9-11-12-13-14-15-16-17-18-19-21-23-29-26-27(25-28)30-24-22-20-10-8-6-4-2/h27-28H,3-26H2,1-2H3/t27-/m1/s1. The molecule has 1 atom stereocenters. The molecule has 0 aliphatic rings. The van der Waals surface area contributed by atoms with E-state index in [0.717, 1.165) is 26.1 Å². The Balaban J connectivity index is 3.22. The van der Waals surface area contributed by atoms with E-state index in [1.54, 1.807) is 0 Å². The average Bonchev–Trinajstić information content (AvgIpc) is 2.76. The van der Waals surface area contributed by atoms with Crippen molar-refractivity contribution in [2.75, 3.05) is 26.4 Å². The molecule has 3 nitrogen and oxygen atoms in total. The molecule has 30 heavy (non-hydrogen) atoms. The van der Waals surface area contributed by atoms with Gasteiger partial charge in [0, 0.05) is 13.2 Å². The molecule has 0 fully saturated rings. The van der Waals surface area contributed by atoms with Gasteiger partial charge >= 0.3 is 0 Å². The molecular formula is C27H56O3. The van der Waals surface area contributed by atoms with Gasteiger partial charge in [-0.1, -0.05) is 129 Å². The predicted octanol–water partition coefficient (Wildman–Crippen LogP) is 8.22. The van der Waals surface area contributed by atoms with Crippen LogP contribution in [0.25, 0.3) is 0 Å². The molecule has 0 aromatic carbocycles. The van der Waals surface area contributed by atoms with Crippen LogP contribution in [0.1, 0.15) is 142 Å². The summed E-state index contributed by atoms with van der Waals surface area (Å²) >= 11 is 0. The molecule has 0 aliphatic carbocycles. The lowest BCUT2D eigenvalue weighted by molar-refractivity contribution is -0.0437. The van der Waals surface area contributed by atoms with Crippen molar-refractivity contribution in [2.45, 2.75) is 148 Å². The molecule has 3 heteroatoms. The third-order valence-electron chi connectivity index (χ3n) is 6.00. The van der Waals surface area contributed by atoms with Crippen LogP contribution in [0, 0.1) is 0 Å². The Bertz CT molecular complexity index is 296. The Hall–Kier alpha value is -0.120. The summed E-state index contributed by atoms with van der Waals surface area (Å²) in [4.78, 5) is 0. The van der Waals surface area contributed by atoms with Crippen LogP contribution in [0.4, 0.5) is 0 Å². The van der Waals surface area contributed by atoms with Gasteiger partial charge in [0.2, 0.25) is 0 Å². The first kappa shape index (κ1) is 29.9. The number of ether oxygens (including phenoxy) is 2. The van der Waals surface area contributed by atoms with E-state index in [0.29, 0.717) is 6.61 Å². The van der Waals surface area contributed by atoms with Crippen LogP contribution in [0.15, 0.2) is 0 Å². The molecule has 0 saturated heterocycles. The molecule has 0 aromatic heterocycles. The lowest BCUT2D eigenvalue weighted by Gasteiger charge is -2.15. The van der Waals surface area contributed by atoms with Crippen molar-refractivity contribution in [1.82, 2.24) is 0 Å². The van der Waals surface area contributed by atoms with E-state index in [1.807, 2.05) is 0 Å². The second kappa shape index (κ2) is 26.9. The van der Waals surface area contributed by atoms with Crippen molar-refractivity contribution >= 4 is 0 Å². The average molecular weight is 429 g/mol. The van der Waals surface area contributed by atoms with Crippen molar-refractivity contribution in [1.29, 1.82) is 0 Å². The van der Waals surface area contributed by atoms with Crippen molar-refractivity contribution < 1.29 is 14.6 Å². The molecule has 0 unspecified atom stereocenters. The number of hydrogen-bond acceptors (Lipinski definition) is 3. The van der Waals surface area contributed by atoms with Gasteiger partial charge in [0.1, 0.15) is 6.10 Å². The molecule has 0 aromatic rings. The zero-order valence-corrected chi connectivity index (χ0v) is 20.8. The molecule has 0 saturated carbocycles. The van der Waals surface area contributed by atoms with Crippen LogP contribution < -0.4 is 0 Å². The van der Waals surface area contributed by atoms with Crippen LogP contribution in [0.3, 0.4) is 0 Å². The molecule has 182 valence electrons. The first-order valence-electron chi connectivity index (χ1n) is 13.6. The van der Waals surface area contributed by atoms with E-state index >= 15 is 0 Å². The second-order valence-electron chi connectivity index (χ2n) is 9.11. The van der Waals surface area contributed by atoms with E-state index in [-0.39, 0.29) is 12.7 Å². The SMILES string of the molecule is CCCCCCCCCCCCCCCCOC[C@@H](CO)OCCCCCCCC. The maximum atomic E-state index is 9.42. The van der Waals surface area contributed by atoms with Gasteiger partial charge in [-0.05, 0) is 12.8 Å². The van der Waals surface area contributed by atoms with Crippen molar-refractivity contribution in [2.24, 2.45) is 0 Å². The Labute approximate surface area is 189 Å². The Morgan fingerprint density at radius 1 is 0.500 bits per heavy atom. The number of unbranched alkanes of at least 4 members (excludes halogenated alkanes) is 18. The minimum Gasteiger partial charge on any atom is -0.394 e. The first-order valence-corrected chi connectivity index (χ1v) is 13.6. The van der Waals surface area contributed by atoms with Gasteiger partial charge in [0.25, 0.3) is 0 Å². The summed E-state index contributed by atoms with van der Waals surface area (Å²) in [5, 5.41) is 9.42. The zero-order valence-electron chi connectivity index (χ0n) is 20.8. The van der Waals surface area contributed by atoms with Crippen molar-refractivity contribution in [3.63, 3.8) is 0 Å². The van der Waals surface area contributed by atoms with Crippen LogP contribution in [-0.4, -0.2) is 37.6 Å². The summed E-state index contributed by atoms with van der Waals surface area (Å²) in [6.07, 6.45) is 26.8. The third-order valence-corrected chi connectivity index (χ3v) is 6.00. The second-order valence-corrected chi connectivity index (χ2v) is 9.11. The lowest BCUT2D eigenvalue weighted by atomic mass is 10.0. The molecule has 0 aliphatic heterocycles. The normalized spacial score (nSPS) is 12.5. The fourth-order valence-corrected chi connectivity index (χ4v) is 3.90. The van der Waals surface area contributed by atoms with E-state index in [9.17, 15) is 5.11 Å². The number of hydrogen-bond donors (Lipinski definition) is 1. The van der Waals surface area contributed by atoms with Crippen molar-refractivity contribution in [3.05, 3.63) is 0 Å². The predicted molar refractivity (Wildman–Crippen MR) is 131 cm³/mol. The smallest absolute Gasteiger partial charge is 0.104 e. The molecule has 1 N–H and O–H groups in total. The Morgan fingerprint density at radius 2 is 0.867 bits per heavy atom. The van der Waals surface area contributed by atoms with Gasteiger partial charge in [0.15, 0.2) is 0 Å². The van der Waals surface area contributed by atoms with E-state index < -0.39 is 0 Å². The molecule has 0 heterocycles. The van der Waals surface area contributed by atoms with Gasteiger partial charge in [-0.15, -0.1) is 0 Å². The highest BCUT2D eigenvalue weighted by Crippen LogP contribution is 2.13. The third kappa shape index (κ3) is 24.2. The van der Waals surface area contributed by atoms with Gasteiger partial charge < -0.3 is 14.6 Å². The number of aliphatic hydroxyl groups is 1. The highest BCUT2D eigenvalue weighted by atomic mass is 16.5. The fraction of sp³-hybridized carbons (Fsp3) is 1.00. The first-order chi connectivity index (χ1) is 14.8. The van der Waals surface area contributed by atoms with Crippen LogP contribution in [-0.2, 0) is 9.47 Å². The zero-order chi connectivity index (χ0) is 22.0. The molecule has 0 bridgehead atoms. The summed E-state index contributed by atoms with van der Waals surface area (Å²) in [7, 11) is 0. The van der Waals surface area contributed by atoms with E-state index in [2.05, 4.69) is 13.8 Å². The molecule has 0 amide bonds. The Kier molecular flexibility index (Phi) is 26.8. The fourth-order valence-electron chi connectivity index (χ4n) is 3.90. The summed E-state index contributed by atoms with van der Waals surface area (Å²) in [6, 6.07) is 0. The summed E-state index contributed by atoms with van der Waals surface area (Å²) in [5.41, 5.74) is 0. The minimum atomic E-state index is -0.146. The quantitative estimate of drug-likeness (QED) is 0.141. The number of aliphatic hydroxyl groups excluding tert-OH is 1. The van der Waals surface area contributed by atoms with Crippen LogP contribution in [0.2, 0.25) is 0 Å². The lowest BCUT2D eigenvalue weighted by Crippen LogP contribution is -2.24.